The molecule has 0 amide bonds. The van der Waals surface area contributed by atoms with Crippen molar-refractivity contribution in [1.29, 1.82) is 0 Å². The van der Waals surface area contributed by atoms with E-state index in [0.717, 1.165) is 16.7 Å². The molecule has 0 nitrogen and oxygen atoms in total. The van der Waals surface area contributed by atoms with E-state index in [0.29, 0.717) is 10.0 Å². The molecule has 2 aromatic carbocycles. The van der Waals surface area contributed by atoms with Crippen molar-refractivity contribution in [2.45, 2.75) is 6.92 Å². The van der Waals surface area contributed by atoms with Gasteiger partial charge in [-0.3, -0.25) is 0 Å². The first-order chi connectivity index (χ1) is 7.58. The molecule has 0 saturated carbocycles. The van der Waals surface area contributed by atoms with E-state index < -0.39 is 0 Å². The van der Waals surface area contributed by atoms with Crippen LogP contribution in [0.25, 0.3) is 11.1 Å². The first kappa shape index (κ1) is 11.4. The third-order valence-corrected chi connectivity index (χ3v) is 3.07. The van der Waals surface area contributed by atoms with Gasteiger partial charge in [0.2, 0.25) is 0 Å². The fraction of sp³-hybridized carbons (Fsp3) is 0.0769. The van der Waals surface area contributed by atoms with Gasteiger partial charge in [-0.05, 0) is 47.9 Å². The maximum absolute atomic E-state index is 13.2. The van der Waals surface area contributed by atoms with E-state index in [1.807, 2.05) is 19.1 Å². The summed E-state index contributed by atoms with van der Waals surface area (Å²) in [5, 5.41) is 1.05. The molecule has 0 aliphatic carbocycles. The molecular weight excluding hydrogens is 246 g/mol. The fourth-order valence-electron chi connectivity index (χ4n) is 1.63. The van der Waals surface area contributed by atoms with Crippen molar-refractivity contribution in [3.05, 3.63) is 57.8 Å². The standard InChI is InChI=1S/C13H9Cl2F/c1-8-12(3-2-4-13(8)15)9-5-10(14)7-11(16)6-9/h2-7H,1H3. The van der Waals surface area contributed by atoms with Gasteiger partial charge in [-0.25, -0.2) is 4.39 Å². The van der Waals surface area contributed by atoms with Gasteiger partial charge >= 0.3 is 0 Å². The van der Waals surface area contributed by atoms with Crippen molar-refractivity contribution in [2.75, 3.05) is 0 Å². The molecule has 0 atom stereocenters. The maximum atomic E-state index is 13.2. The number of halogens is 3. The molecular formula is C13H9Cl2F. The minimum atomic E-state index is -0.345. The molecule has 3 heteroatoms. The zero-order valence-electron chi connectivity index (χ0n) is 8.60. The molecule has 0 heterocycles. The molecule has 16 heavy (non-hydrogen) atoms. The lowest BCUT2D eigenvalue weighted by Gasteiger charge is -2.08. The van der Waals surface area contributed by atoms with Gasteiger partial charge < -0.3 is 0 Å². The SMILES string of the molecule is Cc1c(Cl)cccc1-c1cc(F)cc(Cl)c1. The van der Waals surface area contributed by atoms with Crippen LogP contribution in [-0.4, -0.2) is 0 Å². The molecule has 0 aromatic heterocycles. The first-order valence-corrected chi connectivity index (χ1v) is 5.55. The maximum Gasteiger partial charge on any atom is 0.125 e. The average Bonchev–Trinajstić information content (AvgIpc) is 2.20. The van der Waals surface area contributed by atoms with Gasteiger partial charge in [0.1, 0.15) is 5.82 Å². The molecule has 2 rings (SSSR count). The zero-order chi connectivity index (χ0) is 11.7. The molecule has 0 fully saturated rings. The van der Waals surface area contributed by atoms with Crippen LogP contribution in [0.5, 0.6) is 0 Å². The van der Waals surface area contributed by atoms with Crippen molar-refractivity contribution in [3.8, 4) is 11.1 Å². The summed E-state index contributed by atoms with van der Waals surface area (Å²) in [4.78, 5) is 0. The molecule has 0 spiro atoms. The third-order valence-electron chi connectivity index (χ3n) is 2.44. The van der Waals surface area contributed by atoms with Gasteiger partial charge in [-0.15, -0.1) is 0 Å². The highest BCUT2D eigenvalue weighted by molar-refractivity contribution is 6.32. The van der Waals surface area contributed by atoms with Crippen LogP contribution in [0, 0.1) is 12.7 Å². The average molecular weight is 255 g/mol. The highest BCUT2D eigenvalue weighted by atomic mass is 35.5. The lowest BCUT2D eigenvalue weighted by atomic mass is 10.0. The Labute approximate surface area is 104 Å². The van der Waals surface area contributed by atoms with Gasteiger partial charge in [0, 0.05) is 10.0 Å². The highest BCUT2D eigenvalue weighted by Crippen LogP contribution is 2.30. The van der Waals surface area contributed by atoms with Crippen LogP contribution in [0.1, 0.15) is 5.56 Å². The lowest BCUT2D eigenvalue weighted by Crippen LogP contribution is -1.86. The summed E-state index contributed by atoms with van der Waals surface area (Å²) in [5.41, 5.74) is 2.56. The van der Waals surface area contributed by atoms with Crippen LogP contribution in [0.3, 0.4) is 0 Å². The largest absolute Gasteiger partial charge is 0.207 e. The highest BCUT2D eigenvalue weighted by Gasteiger charge is 2.06. The Morgan fingerprint density at radius 3 is 2.50 bits per heavy atom. The summed E-state index contributed by atoms with van der Waals surface area (Å²) < 4.78 is 13.2. The van der Waals surface area contributed by atoms with Crippen LogP contribution < -0.4 is 0 Å². The van der Waals surface area contributed by atoms with E-state index in [-0.39, 0.29) is 5.82 Å². The zero-order valence-corrected chi connectivity index (χ0v) is 10.1. The van der Waals surface area contributed by atoms with Crippen molar-refractivity contribution in [2.24, 2.45) is 0 Å². The van der Waals surface area contributed by atoms with Gasteiger partial charge in [0.15, 0.2) is 0 Å². The van der Waals surface area contributed by atoms with Crippen molar-refractivity contribution in [3.63, 3.8) is 0 Å². The third kappa shape index (κ3) is 2.21. The first-order valence-electron chi connectivity index (χ1n) is 4.79. The van der Waals surface area contributed by atoms with Crippen LogP contribution in [0.4, 0.5) is 4.39 Å². The van der Waals surface area contributed by atoms with E-state index in [2.05, 4.69) is 0 Å². The Morgan fingerprint density at radius 1 is 1.06 bits per heavy atom. The summed E-state index contributed by atoms with van der Waals surface area (Å²) in [7, 11) is 0. The summed E-state index contributed by atoms with van der Waals surface area (Å²) in [6.45, 7) is 1.90. The number of rotatable bonds is 1. The normalized spacial score (nSPS) is 10.5. The van der Waals surface area contributed by atoms with Crippen molar-refractivity contribution in [1.82, 2.24) is 0 Å². The quantitative estimate of drug-likeness (QED) is 0.664. The molecule has 2 aromatic rings. The summed E-state index contributed by atoms with van der Waals surface area (Å²) in [6.07, 6.45) is 0. The Bertz CT molecular complexity index is 515. The van der Waals surface area contributed by atoms with E-state index >= 15 is 0 Å². The smallest absolute Gasteiger partial charge is 0.125 e. The number of hydrogen-bond acceptors (Lipinski definition) is 0. The van der Waals surface area contributed by atoms with Gasteiger partial charge in [0.25, 0.3) is 0 Å². The second kappa shape index (κ2) is 4.44. The predicted molar refractivity (Wildman–Crippen MR) is 66.6 cm³/mol. The van der Waals surface area contributed by atoms with E-state index in [1.165, 1.54) is 12.1 Å². The molecule has 0 N–H and O–H groups in total. The Morgan fingerprint density at radius 2 is 1.81 bits per heavy atom. The molecule has 0 bridgehead atoms. The monoisotopic (exact) mass is 254 g/mol. The molecule has 82 valence electrons. The molecule has 0 radical (unpaired) electrons. The minimum Gasteiger partial charge on any atom is -0.207 e. The van der Waals surface area contributed by atoms with Crippen molar-refractivity contribution >= 4 is 23.2 Å². The molecule has 0 unspecified atom stereocenters. The predicted octanol–water partition coefficient (Wildman–Crippen LogP) is 5.11. The summed E-state index contributed by atoms with van der Waals surface area (Å²) in [5.74, 6) is -0.345. The Balaban J connectivity index is 2.63. The Kier molecular flexibility index (Phi) is 3.17. The molecule has 0 aliphatic rings. The van der Waals surface area contributed by atoms with Gasteiger partial charge in [0.05, 0.1) is 0 Å². The van der Waals surface area contributed by atoms with Crippen LogP contribution in [0.15, 0.2) is 36.4 Å². The topological polar surface area (TPSA) is 0 Å². The second-order valence-electron chi connectivity index (χ2n) is 3.57. The summed E-state index contributed by atoms with van der Waals surface area (Å²) >= 11 is 11.8. The van der Waals surface area contributed by atoms with Gasteiger partial charge in [-0.2, -0.15) is 0 Å². The van der Waals surface area contributed by atoms with E-state index in [1.54, 1.807) is 12.1 Å². The number of benzene rings is 2. The van der Waals surface area contributed by atoms with Crippen LogP contribution in [0.2, 0.25) is 10.0 Å². The van der Waals surface area contributed by atoms with E-state index in [9.17, 15) is 4.39 Å². The Hall–Kier alpha value is -1.05. The summed E-state index contributed by atoms with van der Waals surface area (Å²) in [6, 6.07) is 10.00. The molecule has 0 aliphatic heterocycles. The van der Waals surface area contributed by atoms with Crippen LogP contribution >= 0.6 is 23.2 Å². The molecule has 0 saturated heterocycles. The fourth-order valence-corrected chi connectivity index (χ4v) is 2.03. The van der Waals surface area contributed by atoms with Crippen molar-refractivity contribution < 1.29 is 4.39 Å². The second-order valence-corrected chi connectivity index (χ2v) is 4.41. The van der Waals surface area contributed by atoms with Crippen LogP contribution in [-0.2, 0) is 0 Å². The van der Waals surface area contributed by atoms with E-state index in [4.69, 9.17) is 23.2 Å². The lowest BCUT2D eigenvalue weighted by molar-refractivity contribution is 0.628. The van der Waals surface area contributed by atoms with Gasteiger partial charge in [-0.1, -0.05) is 35.3 Å². The number of hydrogen-bond donors (Lipinski definition) is 0. The minimum absolute atomic E-state index is 0.345.